The van der Waals surface area contributed by atoms with Crippen molar-refractivity contribution in [2.75, 3.05) is 26.9 Å². The Balaban J connectivity index is 1.57. The van der Waals surface area contributed by atoms with Crippen LogP contribution in [0.15, 0.2) is 42.6 Å². The van der Waals surface area contributed by atoms with Crippen molar-refractivity contribution >= 4 is 5.91 Å². The van der Waals surface area contributed by atoms with E-state index < -0.39 is 0 Å². The van der Waals surface area contributed by atoms with E-state index in [4.69, 9.17) is 9.47 Å². The van der Waals surface area contributed by atoms with E-state index in [1.54, 1.807) is 19.2 Å². The molecule has 1 heterocycles. The van der Waals surface area contributed by atoms with Crippen LogP contribution in [-0.4, -0.2) is 37.8 Å². The fraction of sp³-hybridized carbons (Fsp3) is 0.368. The van der Waals surface area contributed by atoms with Crippen LogP contribution in [0.4, 0.5) is 0 Å². The van der Waals surface area contributed by atoms with Crippen molar-refractivity contribution in [3.63, 3.8) is 0 Å². The van der Waals surface area contributed by atoms with Gasteiger partial charge in [0.15, 0.2) is 0 Å². The maximum atomic E-state index is 12.4. The molecule has 0 bridgehead atoms. The van der Waals surface area contributed by atoms with Gasteiger partial charge in [-0.05, 0) is 42.7 Å². The molecule has 2 aromatic rings. The van der Waals surface area contributed by atoms with Gasteiger partial charge in [-0.2, -0.15) is 0 Å². The molecule has 1 N–H and O–H groups in total. The summed E-state index contributed by atoms with van der Waals surface area (Å²) in [5.41, 5.74) is 3.02. The van der Waals surface area contributed by atoms with Crippen LogP contribution in [0, 0.1) is 0 Å². The standard InChI is InChI=1S/C19H22N2O3/c1-23-10-11-24-17-6-2-4-15(12-17)19(22)21-13-16-8-7-14-5-3-9-20-18(14)16/h2-6,9,12,16H,7-8,10-11,13H2,1H3,(H,21,22). The van der Waals surface area contributed by atoms with E-state index in [0.717, 1.165) is 18.5 Å². The van der Waals surface area contributed by atoms with Crippen LogP contribution < -0.4 is 10.1 Å². The Hall–Kier alpha value is -2.40. The number of fused-ring (bicyclic) bond motifs is 1. The average Bonchev–Trinajstić information content (AvgIpc) is 3.03. The number of amides is 1. The van der Waals surface area contributed by atoms with Crippen LogP contribution in [0.5, 0.6) is 5.75 Å². The number of aryl methyl sites for hydroxylation is 1. The van der Waals surface area contributed by atoms with Gasteiger partial charge in [-0.25, -0.2) is 0 Å². The van der Waals surface area contributed by atoms with E-state index >= 15 is 0 Å². The first-order chi connectivity index (χ1) is 11.8. The van der Waals surface area contributed by atoms with Gasteiger partial charge in [0.25, 0.3) is 5.91 Å². The summed E-state index contributed by atoms with van der Waals surface area (Å²) in [6.45, 7) is 1.59. The number of nitrogens with one attached hydrogen (secondary N) is 1. The number of carbonyl (C=O) groups is 1. The second-order valence-corrected chi connectivity index (χ2v) is 5.86. The lowest BCUT2D eigenvalue weighted by Crippen LogP contribution is -2.28. The quantitative estimate of drug-likeness (QED) is 0.795. The molecule has 0 radical (unpaired) electrons. The van der Waals surface area contributed by atoms with E-state index in [0.29, 0.717) is 37.0 Å². The summed E-state index contributed by atoms with van der Waals surface area (Å²) >= 11 is 0. The summed E-state index contributed by atoms with van der Waals surface area (Å²) in [6, 6.07) is 11.3. The van der Waals surface area contributed by atoms with Crippen LogP contribution in [0.25, 0.3) is 0 Å². The molecule has 1 amide bonds. The Bertz CT molecular complexity index is 703. The molecule has 3 rings (SSSR count). The maximum Gasteiger partial charge on any atom is 0.251 e. The first-order valence-corrected chi connectivity index (χ1v) is 8.21. The van der Waals surface area contributed by atoms with Gasteiger partial charge in [-0.1, -0.05) is 12.1 Å². The topological polar surface area (TPSA) is 60.5 Å². The second kappa shape index (κ2) is 7.93. The molecule has 1 aromatic carbocycles. The summed E-state index contributed by atoms with van der Waals surface area (Å²) in [5.74, 6) is 0.885. The number of hydrogen-bond donors (Lipinski definition) is 1. The van der Waals surface area contributed by atoms with Crippen molar-refractivity contribution in [3.05, 3.63) is 59.4 Å². The Morgan fingerprint density at radius 1 is 1.29 bits per heavy atom. The highest BCUT2D eigenvalue weighted by Gasteiger charge is 2.23. The zero-order valence-corrected chi connectivity index (χ0v) is 13.8. The van der Waals surface area contributed by atoms with Crippen molar-refractivity contribution in [2.24, 2.45) is 0 Å². The summed E-state index contributed by atoms with van der Waals surface area (Å²) in [4.78, 5) is 16.8. The highest BCUT2D eigenvalue weighted by Crippen LogP contribution is 2.30. The molecular weight excluding hydrogens is 304 g/mol. The fourth-order valence-electron chi connectivity index (χ4n) is 2.98. The average molecular weight is 326 g/mol. The van der Waals surface area contributed by atoms with Gasteiger partial charge in [0.05, 0.1) is 6.61 Å². The van der Waals surface area contributed by atoms with Crippen molar-refractivity contribution < 1.29 is 14.3 Å². The minimum absolute atomic E-state index is 0.0865. The highest BCUT2D eigenvalue weighted by atomic mass is 16.5. The van der Waals surface area contributed by atoms with Crippen LogP contribution >= 0.6 is 0 Å². The number of pyridine rings is 1. The van der Waals surface area contributed by atoms with Crippen LogP contribution in [0.3, 0.4) is 0 Å². The van der Waals surface area contributed by atoms with Gasteiger partial charge in [0, 0.05) is 37.0 Å². The van der Waals surface area contributed by atoms with Crippen molar-refractivity contribution in [1.82, 2.24) is 10.3 Å². The molecule has 0 fully saturated rings. The minimum atomic E-state index is -0.0865. The zero-order valence-electron chi connectivity index (χ0n) is 13.8. The number of nitrogens with zero attached hydrogens (tertiary/aromatic N) is 1. The van der Waals surface area contributed by atoms with Gasteiger partial charge < -0.3 is 14.8 Å². The third kappa shape index (κ3) is 3.92. The molecule has 24 heavy (non-hydrogen) atoms. The number of methoxy groups -OCH3 is 1. The zero-order chi connectivity index (χ0) is 16.8. The van der Waals surface area contributed by atoms with E-state index in [1.807, 2.05) is 24.4 Å². The molecule has 5 nitrogen and oxygen atoms in total. The predicted molar refractivity (Wildman–Crippen MR) is 91.4 cm³/mol. The number of hydrogen-bond acceptors (Lipinski definition) is 4. The van der Waals surface area contributed by atoms with Gasteiger partial charge >= 0.3 is 0 Å². The molecular formula is C19H22N2O3. The molecule has 1 aliphatic rings. The number of ether oxygens (including phenoxy) is 2. The highest BCUT2D eigenvalue weighted by molar-refractivity contribution is 5.94. The largest absolute Gasteiger partial charge is 0.491 e. The summed E-state index contributed by atoms with van der Waals surface area (Å²) in [6.07, 6.45) is 3.89. The van der Waals surface area contributed by atoms with E-state index in [9.17, 15) is 4.79 Å². The summed E-state index contributed by atoms with van der Waals surface area (Å²) in [5, 5.41) is 3.02. The Morgan fingerprint density at radius 3 is 3.08 bits per heavy atom. The van der Waals surface area contributed by atoms with Crippen molar-refractivity contribution in [1.29, 1.82) is 0 Å². The number of carbonyl (C=O) groups excluding carboxylic acids is 1. The smallest absolute Gasteiger partial charge is 0.251 e. The maximum absolute atomic E-state index is 12.4. The SMILES string of the molecule is COCCOc1cccc(C(=O)NCC2CCc3cccnc32)c1. The third-order valence-corrected chi connectivity index (χ3v) is 4.24. The normalized spacial score (nSPS) is 15.8. The summed E-state index contributed by atoms with van der Waals surface area (Å²) < 4.78 is 10.5. The molecule has 1 aliphatic carbocycles. The van der Waals surface area contributed by atoms with Gasteiger partial charge in [0.2, 0.25) is 0 Å². The second-order valence-electron chi connectivity index (χ2n) is 5.86. The van der Waals surface area contributed by atoms with Crippen LogP contribution in [-0.2, 0) is 11.2 Å². The van der Waals surface area contributed by atoms with Crippen LogP contribution in [0.1, 0.15) is 34.0 Å². The number of benzene rings is 1. The Kier molecular flexibility index (Phi) is 5.43. The van der Waals surface area contributed by atoms with Crippen molar-refractivity contribution in [3.8, 4) is 5.75 Å². The van der Waals surface area contributed by atoms with Gasteiger partial charge in [-0.15, -0.1) is 0 Å². The molecule has 1 unspecified atom stereocenters. The fourth-order valence-corrected chi connectivity index (χ4v) is 2.98. The Morgan fingerprint density at radius 2 is 2.21 bits per heavy atom. The minimum Gasteiger partial charge on any atom is -0.491 e. The lowest BCUT2D eigenvalue weighted by molar-refractivity contribution is 0.0950. The number of rotatable bonds is 7. The first-order valence-electron chi connectivity index (χ1n) is 8.21. The molecule has 126 valence electrons. The summed E-state index contributed by atoms with van der Waals surface area (Å²) in [7, 11) is 1.63. The van der Waals surface area contributed by atoms with E-state index in [1.165, 1.54) is 5.56 Å². The Labute approximate surface area is 142 Å². The molecule has 0 spiro atoms. The lowest BCUT2D eigenvalue weighted by atomic mass is 10.1. The molecule has 0 saturated carbocycles. The molecule has 1 atom stereocenters. The molecule has 0 saturated heterocycles. The van der Waals surface area contributed by atoms with E-state index in [2.05, 4.69) is 16.4 Å². The van der Waals surface area contributed by atoms with Gasteiger partial charge in [-0.3, -0.25) is 9.78 Å². The third-order valence-electron chi connectivity index (χ3n) is 4.24. The lowest BCUT2D eigenvalue weighted by Gasteiger charge is -2.12. The van der Waals surface area contributed by atoms with Crippen molar-refractivity contribution in [2.45, 2.75) is 18.8 Å². The molecule has 5 heteroatoms. The van der Waals surface area contributed by atoms with E-state index in [-0.39, 0.29) is 5.91 Å². The monoisotopic (exact) mass is 326 g/mol. The molecule has 1 aromatic heterocycles. The van der Waals surface area contributed by atoms with Crippen LogP contribution in [0.2, 0.25) is 0 Å². The predicted octanol–water partition coefficient (Wildman–Crippen LogP) is 2.57. The first kappa shape index (κ1) is 16.5. The molecule has 0 aliphatic heterocycles. The van der Waals surface area contributed by atoms with Gasteiger partial charge in [0.1, 0.15) is 12.4 Å². The number of aromatic nitrogens is 1.